The Morgan fingerprint density at radius 3 is 2.37 bits per heavy atom. The maximum Gasteiger partial charge on any atom is 0.573 e. The lowest BCUT2D eigenvalue weighted by Gasteiger charge is -2.12. The summed E-state index contributed by atoms with van der Waals surface area (Å²) < 4.78 is 52.0. The van der Waals surface area contributed by atoms with Crippen LogP contribution in [0.2, 0.25) is 5.02 Å². The van der Waals surface area contributed by atoms with E-state index in [0.29, 0.717) is 18.0 Å². The van der Waals surface area contributed by atoms with Crippen molar-refractivity contribution in [2.45, 2.75) is 52.1 Å². The molecule has 202 valence electrons. The molecule has 0 unspecified atom stereocenters. The molecule has 8 nitrogen and oxygen atoms in total. The van der Waals surface area contributed by atoms with Gasteiger partial charge in [0.2, 0.25) is 0 Å². The fourth-order valence-corrected chi connectivity index (χ4v) is 4.20. The molecule has 2 aromatic carbocycles. The molecule has 0 atom stereocenters. The van der Waals surface area contributed by atoms with Gasteiger partial charge < -0.3 is 9.47 Å². The number of nitrogens with zero attached hydrogens (tertiary/aromatic N) is 4. The SMILES string of the molecule is CCCCCCn1c(=O)n(C)c(=O)c2c1nc(Oc1cccc(OC(F)(F)F)c1)n2Cc1ccc(Cl)cc1. The number of aryl methyl sites for hydroxylation is 1. The first-order chi connectivity index (χ1) is 18.1. The fraction of sp³-hybridized carbons (Fsp3) is 0.346. The van der Waals surface area contributed by atoms with Gasteiger partial charge in [0.1, 0.15) is 11.5 Å². The number of fused-ring (bicyclic) bond motifs is 1. The van der Waals surface area contributed by atoms with Crippen molar-refractivity contribution in [3.8, 4) is 17.5 Å². The lowest BCUT2D eigenvalue weighted by molar-refractivity contribution is -0.274. The number of halogens is 4. The Bertz CT molecular complexity index is 1540. The first kappa shape index (κ1) is 27.3. The van der Waals surface area contributed by atoms with E-state index in [9.17, 15) is 22.8 Å². The maximum atomic E-state index is 13.3. The van der Waals surface area contributed by atoms with E-state index in [1.54, 1.807) is 24.3 Å². The van der Waals surface area contributed by atoms with Gasteiger partial charge in [-0.2, -0.15) is 4.98 Å². The molecule has 0 N–H and O–H groups in total. The van der Waals surface area contributed by atoms with Crippen molar-refractivity contribution >= 4 is 22.8 Å². The van der Waals surface area contributed by atoms with Crippen LogP contribution >= 0.6 is 11.6 Å². The summed E-state index contributed by atoms with van der Waals surface area (Å²) in [5.74, 6) is -0.466. The highest BCUT2D eigenvalue weighted by atomic mass is 35.5. The summed E-state index contributed by atoms with van der Waals surface area (Å²) in [6.07, 6.45) is -1.26. The molecule has 0 amide bonds. The minimum absolute atomic E-state index is 0.00748. The summed E-state index contributed by atoms with van der Waals surface area (Å²) in [5.41, 5.74) is -0.0468. The number of imidazole rings is 1. The zero-order chi connectivity index (χ0) is 27.4. The van der Waals surface area contributed by atoms with Gasteiger partial charge in [0.05, 0.1) is 6.54 Å². The molecule has 4 aromatic rings. The number of rotatable bonds is 10. The summed E-state index contributed by atoms with van der Waals surface area (Å²) in [7, 11) is 1.39. The molecule has 2 heterocycles. The van der Waals surface area contributed by atoms with Gasteiger partial charge in [-0.25, -0.2) is 4.79 Å². The zero-order valence-electron chi connectivity index (χ0n) is 20.8. The fourth-order valence-electron chi connectivity index (χ4n) is 4.07. The van der Waals surface area contributed by atoms with Crippen molar-refractivity contribution in [2.75, 3.05) is 0 Å². The van der Waals surface area contributed by atoms with Crippen LogP contribution in [0.4, 0.5) is 13.2 Å². The van der Waals surface area contributed by atoms with Crippen LogP contribution in [0, 0.1) is 0 Å². The third kappa shape index (κ3) is 6.21. The van der Waals surface area contributed by atoms with Crippen LogP contribution in [0.15, 0.2) is 58.1 Å². The highest BCUT2D eigenvalue weighted by Gasteiger charge is 2.31. The monoisotopic (exact) mass is 550 g/mol. The molecule has 4 rings (SSSR count). The van der Waals surface area contributed by atoms with Crippen LogP contribution in [-0.2, 0) is 20.1 Å². The van der Waals surface area contributed by atoms with Crippen LogP contribution in [-0.4, -0.2) is 25.0 Å². The summed E-state index contributed by atoms with van der Waals surface area (Å²) in [6.45, 7) is 2.55. The number of hydrogen-bond donors (Lipinski definition) is 0. The summed E-state index contributed by atoms with van der Waals surface area (Å²) in [5, 5.41) is 0.527. The van der Waals surface area contributed by atoms with Crippen molar-refractivity contribution in [3.05, 3.63) is 80.0 Å². The number of hydrogen-bond acceptors (Lipinski definition) is 5. The average molecular weight is 551 g/mol. The van der Waals surface area contributed by atoms with Gasteiger partial charge in [-0.3, -0.25) is 18.5 Å². The smallest absolute Gasteiger partial charge is 0.425 e. The summed E-state index contributed by atoms with van der Waals surface area (Å²) in [4.78, 5) is 30.8. The molecule has 0 fully saturated rings. The Kier molecular flexibility index (Phi) is 8.15. The first-order valence-corrected chi connectivity index (χ1v) is 12.4. The van der Waals surface area contributed by atoms with E-state index < -0.39 is 23.4 Å². The number of ether oxygens (including phenoxy) is 2. The number of benzene rings is 2. The molecular weight excluding hydrogens is 525 g/mol. The van der Waals surface area contributed by atoms with Crippen LogP contribution < -0.4 is 20.7 Å². The molecule has 12 heteroatoms. The van der Waals surface area contributed by atoms with Gasteiger partial charge in [-0.05, 0) is 36.2 Å². The number of aromatic nitrogens is 4. The van der Waals surface area contributed by atoms with Gasteiger partial charge in [0.15, 0.2) is 11.2 Å². The van der Waals surface area contributed by atoms with Crippen molar-refractivity contribution in [2.24, 2.45) is 7.05 Å². The third-order valence-corrected chi connectivity index (χ3v) is 6.18. The van der Waals surface area contributed by atoms with E-state index in [2.05, 4.69) is 16.6 Å². The van der Waals surface area contributed by atoms with E-state index in [4.69, 9.17) is 16.3 Å². The number of alkyl halides is 3. The molecule has 0 aliphatic heterocycles. The largest absolute Gasteiger partial charge is 0.573 e. The third-order valence-electron chi connectivity index (χ3n) is 5.93. The molecule has 0 saturated carbocycles. The zero-order valence-corrected chi connectivity index (χ0v) is 21.6. The molecule has 0 aliphatic carbocycles. The maximum absolute atomic E-state index is 13.3. The second kappa shape index (κ2) is 11.3. The Labute approximate surface area is 220 Å². The Balaban J connectivity index is 1.84. The van der Waals surface area contributed by atoms with Crippen LogP contribution in [0.5, 0.6) is 17.5 Å². The van der Waals surface area contributed by atoms with Crippen LogP contribution in [0.25, 0.3) is 11.2 Å². The van der Waals surface area contributed by atoms with E-state index in [1.807, 2.05) is 0 Å². The standard InChI is InChI=1S/C26H26ClF3N4O4/c1-3-4-5-6-14-33-22-21(23(35)32(2)25(33)36)34(16-17-10-12-18(27)13-11-17)24(31-22)37-19-8-7-9-20(15-19)38-26(28,29)30/h7-13,15H,3-6,14,16H2,1-2H3. The lowest BCUT2D eigenvalue weighted by Crippen LogP contribution is -2.38. The Hall–Kier alpha value is -3.73. The van der Waals surface area contributed by atoms with E-state index in [-0.39, 0.29) is 29.5 Å². The van der Waals surface area contributed by atoms with Gasteiger partial charge in [0, 0.05) is 24.7 Å². The van der Waals surface area contributed by atoms with Gasteiger partial charge in [-0.15, -0.1) is 13.2 Å². The van der Waals surface area contributed by atoms with Gasteiger partial charge >= 0.3 is 18.1 Å². The molecule has 0 radical (unpaired) electrons. The highest BCUT2D eigenvalue weighted by Crippen LogP contribution is 2.30. The Morgan fingerprint density at radius 1 is 0.974 bits per heavy atom. The average Bonchev–Trinajstić information content (AvgIpc) is 3.20. The minimum Gasteiger partial charge on any atom is -0.425 e. The normalized spacial score (nSPS) is 11.7. The topological polar surface area (TPSA) is 80.3 Å². The van der Waals surface area contributed by atoms with Crippen molar-refractivity contribution in [1.29, 1.82) is 0 Å². The van der Waals surface area contributed by atoms with E-state index in [0.717, 1.165) is 41.5 Å². The highest BCUT2D eigenvalue weighted by molar-refractivity contribution is 6.30. The molecule has 38 heavy (non-hydrogen) atoms. The second-order valence-corrected chi connectivity index (χ2v) is 9.20. The van der Waals surface area contributed by atoms with Crippen LogP contribution in [0.3, 0.4) is 0 Å². The molecule has 2 aromatic heterocycles. The van der Waals surface area contributed by atoms with Gasteiger partial charge in [-0.1, -0.05) is 56.0 Å². The van der Waals surface area contributed by atoms with Crippen molar-refractivity contribution < 1.29 is 22.6 Å². The number of unbranched alkanes of at least 4 members (excludes halogenated alkanes) is 3. The first-order valence-electron chi connectivity index (χ1n) is 12.1. The van der Waals surface area contributed by atoms with Crippen molar-refractivity contribution in [3.63, 3.8) is 0 Å². The molecule has 0 saturated heterocycles. The predicted octanol–water partition coefficient (Wildman–Crippen LogP) is 5.87. The molecule has 0 bridgehead atoms. The molecular formula is C26H26ClF3N4O4. The molecule has 0 aliphatic rings. The van der Waals surface area contributed by atoms with E-state index >= 15 is 0 Å². The lowest BCUT2D eigenvalue weighted by atomic mass is 10.2. The molecule has 0 spiro atoms. The minimum atomic E-state index is -4.87. The second-order valence-electron chi connectivity index (χ2n) is 8.76. The van der Waals surface area contributed by atoms with E-state index in [1.165, 1.54) is 28.3 Å². The summed E-state index contributed by atoms with van der Waals surface area (Å²) >= 11 is 6.02. The quantitative estimate of drug-likeness (QED) is 0.231. The van der Waals surface area contributed by atoms with Crippen LogP contribution in [0.1, 0.15) is 38.2 Å². The summed E-state index contributed by atoms with van der Waals surface area (Å²) in [6, 6.07) is 11.8. The van der Waals surface area contributed by atoms with Gasteiger partial charge in [0.25, 0.3) is 5.56 Å². The Morgan fingerprint density at radius 2 is 1.68 bits per heavy atom. The van der Waals surface area contributed by atoms with Crippen molar-refractivity contribution in [1.82, 2.24) is 18.7 Å². The predicted molar refractivity (Wildman–Crippen MR) is 137 cm³/mol.